The molecule has 230 valence electrons. The van der Waals surface area contributed by atoms with Gasteiger partial charge in [-0.2, -0.15) is 0 Å². The van der Waals surface area contributed by atoms with Crippen molar-refractivity contribution in [3.63, 3.8) is 0 Å². The highest BCUT2D eigenvalue weighted by Gasteiger charge is 2.27. The molecule has 10 aromatic rings. The number of fused-ring (bicyclic) bond motifs is 11. The highest BCUT2D eigenvalue weighted by Crippen LogP contribution is 2.49. The van der Waals surface area contributed by atoms with E-state index in [1.54, 1.807) is 0 Å². The van der Waals surface area contributed by atoms with Crippen molar-refractivity contribution < 1.29 is 4.74 Å². The smallest absolute Gasteiger partial charge is 0.196 e. The summed E-state index contributed by atoms with van der Waals surface area (Å²) in [5, 5.41) is 13.7. The van der Waals surface area contributed by atoms with Gasteiger partial charge < -0.3 is 14.6 Å². The minimum Gasteiger partial charge on any atom is -0.464 e. The quantitative estimate of drug-likeness (QED) is 0.207. The lowest BCUT2D eigenvalue weighted by atomic mass is 10.0. The predicted octanol–water partition coefficient (Wildman–Crippen LogP) is 12.6. The number of nitrogens with one attached hydrogen (secondary N) is 1. The van der Waals surface area contributed by atoms with Gasteiger partial charge in [-0.25, -0.2) is 0 Å². The lowest BCUT2D eigenvalue weighted by Crippen LogP contribution is -2.10. The van der Waals surface area contributed by atoms with Gasteiger partial charge in [-0.1, -0.05) is 109 Å². The number of anilines is 1. The minimum atomic E-state index is -0.265. The van der Waals surface area contributed by atoms with Crippen molar-refractivity contribution >= 4 is 80.5 Å². The second-order valence-corrected chi connectivity index (χ2v) is 14.0. The number of aromatic nitrogens is 1. The van der Waals surface area contributed by atoms with E-state index in [9.17, 15) is 0 Å². The largest absolute Gasteiger partial charge is 0.464 e. The first-order chi connectivity index (χ1) is 24.3. The standard InChI is InChI=1S/C45H28N2OS/c1-2-8-27(9-3-1)32-16-20-35-41(26-32)49-40-23-21-37-44(43(35)40)48-45(46-37)29-14-18-33(19-15-29)47-38-22-17-28-10-6-7-13-34(28)42(38)36-24-30-11-4-5-12-31(30)25-39(36)47/h1-26,45-46H. The molecule has 0 amide bonds. The second kappa shape index (κ2) is 10.2. The highest BCUT2D eigenvalue weighted by molar-refractivity contribution is 7.26. The molecule has 0 radical (unpaired) electrons. The van der Waals surface area contributed by atoms with Crippen LogP contribution in [0.3, 0.4) is 0 Å². The van der Waals surface area contributed by atoms with Crippen LogP contribution in [0.5, 0.6) is 5.75 Å². The van der Waals surface area contributed by atoms with Crippen LogP contribution in [0, 0.1) is 0 Å². The molecular weight excluding hydrogens is 617 g/mol. The topological polar surface area (TPSA) is 26.2 Å². The molecule has 8 aromatic carbocycles. The number of benzene rings is 8. The molecule has 3 heterocycles. The fourth-order valence-corrected chi connectivity index (χ4v) is 9.02. The fourth-order valence-electron chi connectivity index (χ4n) is 7.87. The van der Waals surface area contributed by atoms with Crippen LogP contribution in [0.1, 0.15) is 11.8 Å². The second-order valence-electron chi connectivity index (χ2n) is 13.0. The Morgan fingerprint density at radius 2 is 1.29 bits per heavy atom. The summed E-state index contributed by atoms with van der Waals surface area (Å²) in [5.41, 5.74) is 8.15. The van der Waals surface area contributed by atoms with Gasteiger partial charge in [-0.15, -0.1) is 11.3 Å². The Kier molecular flexibility index (Phi) is 5.60. The van der Waals surface area contributed by atoms with Crippen LogP contribution < -0.4 is 10.1 Å². The van der Waals surface area contributed by atoms with E-state index in [-0.39, 0.29) is 6.23 Å². The lowest BCUT2D eigenvalue weighted by molar-refractivity contribution is 0.263. The summed E-state index contributed by atoms with van der Waals surface area (Å²) in [4.78, 5) is 0. The molecule has 1 atom stereocenters. The first-order valence-corrected chi connectivity index (χ1v) is 17.5. The molecular formula is C45H28N2OS. The van der Waals surface area contributed by atoms with Crippen molar-refractivity contribution in [1.29, 1.82) is 0 Å². The fraction of sp³-hybridized carbons (Fsp3) is 0.0222. The SMILES string of the molecule is c1ccc(-c2ccc3c(c2)sc2ccc4c(c23)OC(c2ccc(-n3c5cc6ccccc6cc5c5c6ccccc6ccc53)cc2)N4)cc1. The number of hydrogen-bond donors (Lipinski definition) is 1. The van der Waals surface area contributed by atoms with Crippen molar-refractivity contribution in [2.24, 2.45) is 0 Å². The summed E-state index contributed by atoms with van der Waals surface area (Å²) in [6.45, 7) is 0. The maximum Gasteiger partial charge on any atom is 0.196 e. The van der Waals surface area contributed by atoms with E-state index in [1.165, 1.54) is 74.6 Å². The molecule has 1 aliphatic heterocycles. The molecule has 11 rings (SSSR count). The van der Waals surface area contributed by atoms with E-state index in [4.69, 9.17) is 4.74 Å². The van der Waals surface area contributed by atoms with Crippen LogP contribution in [0.2, 0.25) is 0 Å². The van der Waals surface area contributed by atoms with Crippen molar-refractivity contribution in [1.82, 2.24) is 4.57 Å². The first-order valence-electron chi connectivity index (χ1n) is 16.7. The van der Waals surface area contributed by atoms with Gasteiger partial charge in [0, 0.05) is 42.2 Å². The van der Waals surface area contributed by atoms with E-state index < -0.39 is 0 Å². The van der Waals surface area contributed by atoms with E-state index >= 15 is 0 Å². The Balaban J connectivity index is 0.997. The summed E-state index contributed by atoms with van der Waals surface area (Å²) in [5.74, 6) is 0.937. The van der Waals surface area contributed by atoms with E-state index in [2.05, 4.69) is 168 Å². The molecule has 0 saturated heterocycles. The van der Waals surface area contributed by atoms with E-state index in [0.717, 1.165) is 22.7 Å². The number of nitrogens with zero attached hydrogens (tertiary/aromatic N) is 1. The molecule has 0 fully saturated rings. The van der Waals surface area contributed by atoms with Crippen molar-refractivity contribution in [2.75, 3.05) is 5.32 Å². The van der Waals surface area contributed by atoms with Gasteiger partial charge in [0.25, 0.3) is 0 Å². The van der Waals surface area contributed by atoms with Crippen LogP contribution >= 0.6 is 11.3 Å². The average molecular weight is 645 g/mol. The Morgan fingerprint density at radius 3 is 2.14 bits per heavy atom. The highest BCUT2D eigenvalue weighted by atomic mass is 32.1. The molecule has 4 heteroatoms. The Hall–Kier alpha value is -6.10. The molecule has 49 heavy (non-hydrogen) atoms. The van der Waals surface area contributed by atoms with E-state index in [1.807, 2.05) is 11.3 Å². The van der Waals surface area contributed by atoms with Crippen molar-refractivity contribution in [2.45, 2.75) is 6.23 Å². The average Bonchev–Trinajstić information content (AvgIpc) is 3.85. The molecule has 1 N–H and O–H groups in total. The summed E-state index contributed by atoms with van der Waals surface area (Å²) in [6.07, 6.45) is -0.265. The minimum absolute atomic E-state index is 0.265. The van der Waals surface area contributed by atoms with Crippen LogP contribution in [0.25, 0.3) is 80.3 Å². The third kappa shape index (κ3) is 4.01. The summed E-state index contributed by atoms with van der Waals surface area (Å²) >= 11 is 1.83. The van der Waals surface area contributed by atoms with Gasteiger partial charge >= 0.3 is 0 Å². The molecule has 0 aliphatic carbocycles. The number of thiophene rings is 1. The number of ether oxygens (including phenoxy) is 1. The summed E-state index contributed by atoms with van der Waals surface area (Å²) in [6, 6.07) is 57.2. The summed E-state index contributed by atoms with van der Waals surface area (Å²) < 4.78 is 11.7. The van der Waals surface area contributed by atoms with Crippen molar-refractivity contribution in [3.8, 4) is 22.6 Å². The van der Waals surface area contributed by atoms with Gasteiger partial charge in [-0.05, 0) is 81.2 Å². The zero-order chi connectivity index (χ0) is 32.1. The predicted molar refractivity (Wildman–Crippen MR) is 208 cm³/mol. The van der Waals surface area contributed by atoms with Gasteiger partial charge in [0.05, 0.1) is 16.7 Å². The number of rotatable bonds is 3. The normalized spacial score (nSPS) is 14.2. The molecule has 3 nitrogen and oxygen atoms in total. The Morgan fingerprint density at radius 1 is 0.510 bits per heavy atom. The maximum atomic E-state index is 6.74. The maximum absolute atomic E-state index is 6.74. The van der Waals surface area contributed by atoms with Crippen LogP contribution in [0.15, 0.2) is 158 Å². The van der Waals surface area contributed by atoms with Crippen LogP contribution in [-0.2, 0) is 0 Å². The first kappa shape index (κ1) is 26.9. The van der Waals surface area contributed by atoms with E-state index in [0.29, 0.717) is 0 Å². The van der Waals surface area contributed by atoms with Crippen molar-refractivity contribution in [3.05, 3.63) is 163 Å². The molecule has 2 aromatic heterocycles. The Labute approximate surface area is 286 Å². The monoisotopic (exact) mass is 644 g/mol. The zero-order valence-electron chi connectivity index (χ0n) is 26.4. The van der Waals surface area contributed by atoms with Crippen LogP contribution in [0.4, 0.5) is 5.69 Å². The van der Waals surface area contributed by atoms with Crippen LogP contribution in [-0.4, -0.2) is 4.57 Å². The van der Waals surface area contributed by atoms with Gasteiger partial charge in [0.1, 0.15) is 0 Å². The van der Waals surface area contributed by atoms with Gasteiger partial charge in [0.15, 0.2) is 12.0 Å². The van der Waals surface area contributed by atoms with Gasteiger partial charge in [0.2, 0.25) is 0 Å². The summed E-state index contributed by atoms with van der Waals surface area (Å²) in [7, 11) is 0. The molecule has 1 aliphatic rings. The molecule has 0 bridgehead atoms. The molecule has 0 saturated carbocycles. The zero-order valence-corrected chi connectivity index (χ0v) is 27.2. The molecule has 1 unspecified atom stereocenters. The Bertz CT molecular complexity index is 2940. The molecule has 0 spiro atoms. The lowest BCUT2D eigenvalue weighted by Gasteiger charge is -2.14. The third-order valence-corrected chi connectivity index (χ3v) is 11.3. The number of hydrogen-bond acceptors (Lipinski definition) is 3. The van der Waals surface area contributed by atoms with Gasteiger partial charge in [-0.3, -0.25) is 0 Å². The third-order valence-electron chi connectivity index (χ3n) is 10.2.